The van der Waals surface area contributed by atoms with Crippen molar-refractivity contribution in [2.24, 2.45) is 0 Å². The van der Waals surface area contributed by atoms with E-state index in [4.69, 9.17) is 164 Å². The summed E-state index contributed by atoms with van der Waals surface area (Å²) < 4.78 is 361. The molecule has 1 aromatic rings. The third-order valence-corrected chi connectivity index (χ3v) is 24.5. The average Bonchev–Trinajstić information content (AvgIpc) is 1.74. The molecule has 7 fully saturated rings. The van der Waals surface area contributed by atoms with Crippen molar-refractivity contribution < 1.29 is 282 Å². The van der Waals surface area contributed by atoms with Crippen molar-refractivity contribution in [1.82, 2.24) is 4.90 Å². The SMILES string of the molecule is COCC1O[C@@H](O[C@H]2C(OC)C(OC)[C@@H](O[C@H]3C(OC)C(OC)[C@@H](O[C@H]4C(COS(=O)(=O)O)O[C@@H](O)C(OC)[C@H]4OC)O[C@@H]3COC)O[C@@H]2COC)C(OC)[C@@H](OC)[C@H]1O[C@@H]1OC(CN2C(=O)c3ccccc3C2=O)[C@H](O[C@H]2O[C@H](COS(=O)(=O)O)[C@@H](O[C@H]3O[C@H](COS(=O)(=O)O)[C@@H](OSOOO)C(OSOOO)C3OSOOO)C(OSOOO)C2OS(=O)(=O)O)[C@H](OC)C1OC. The smallest absolute Gasteiger partial charge is 0.382 e. The first-order chi connectivity index (χ1) is 63.5. The fourth-order valence-corrected chi connectivity index (χ4v) is 18.6. The summed E-state index contributed by atoms with van der Waals surface area (Å²) in [5.74, 6) is -1.91. The van der Waals surface area contributed by atoms with Gasteiger partial charge in [0.15, 0.2) is 106 Å². The van der Waals surface area contributed by atoms with Crippen LogP contribution >= 0.6 is 49.3 Å². The van der Waals surface area contributed by atoms with E-state index >= 15 is 0 Å². The third kappa shape index (κ3) is 30.1. The molecular formula is C63H101NO61S8. The van der Waals surface area contributed by atoms with E-state index in [0.717, 1.165) is 14.2 Å². The van der Waals surface area contributed by atoms with Gasteiger partial charge < -0.3 is 128 Å². The lowest BCUT2D eigenvalue weighted by Gasteiger charge is -2.52. The van der Waals surface area contributed by atoms with Crippen LogP contribution in [0.4, 0.5) is 0 Å². The van der Waals surface area contributed by atoms with Gasteiger partial charge in [-0.1, -0.05) is 32.3 Å². The Kier molecular flexibility index (Phi) is 46.6. The molecule has 772 valence electrons. The molecule has 8 aliphatic heterocycles. The van der Waals surface area contributed by atoms with Crippen molar-refractivity contribution in [3.05, 3.63) is 35.4 Å². The largest absolute Gasteiger partial charge is 0.397 e. The van der Waals surface area contributed by atoms with Gasteiger partial charge in [-0.15, -0.1) is 17.3 Å². The normalized spacial score (nSPS) is 37.2. The van der Waals surface area contributed by atoms with Gasteiger partial charge in [-0.25, -0.2) is 37.8 Å². The second-order valence-electron chi connectivity index (χ2n) is 28.3. The predicted octanol–water partition coefficient (Wildman–Crippen LogP) is -3.13. The minimum Gasteiger partial charge on any atom is -0.382 e. The van der Waals surface area contributed by atoms with Crippen LogP contribution in [0.5, 0.6) is 0 Å². The van der Waals surface area contributed by atoms with Crippen LogP contribution < -0.4 is 0 Å². The number of benzene rings is 1. The van der Waals surface area contributed by atoms with Crippen molar-refractivity contribution in [3.63, 3.8) is 0 Å². The molecule has 8 aliphatic rings. The van der Waals surface area contributed by atoms with Gasteiger partial charge in [-0.2, -0.15) is 33.7 Å². The molecule has 14 unspecified atom stereocenters. The molecule has 0 aliphatic carbocycles. The molecule has 2 amide bonds. The van der Waals surface area contributed by atoms with E-state index in [1.807, 2.05) is 0 Å². The zero-order valence-corrected chi connectivity index (χ0v) is 78.0. The quantitative estimate of drug-likeness (QED) is 0.00778. The summed E-state index contributed by atoms with van der Waals surface area (Å²) in [7, 11) is -6.04. The highest BCUT2D eigenvalue weighted by molar-refractivity contribution is 7.90. The fraction of sp³-hybridized carbons (Fsp3) is 0.873. The van der Waals surface area contributed by atoms with E-state index in [0.29, 0.717) is 4.90 Å². The summed E-state index contributed by atoms with van der Waals surface area (Å²) in [6.07, 6.45) is -61.3. The van der Waals surface area contributed by atoms with Crippen molar-refractivity contribution in [3.8, 4) is 0 Å². The number of ether oxygens (including phenoxy) is 26. The molecule has 8 heterocycles. The lowest BCUT2D eigenvalue weighted by atomic mass is 9.94. The summed E-state index contributed by atoms with van der Waals surface area (Å²) in [5.41, 5.74) is -0.274. The van der Waals surface area contributed by atoms with Crippen molar-refractivity contribution >= 4 is 103 Å². The molecule has 133 heavy (non-hydrogen) atoms. The van der Waals surface area contributed by atoms with Crippen LogP contribution in [0.2, 0.25) is 0 Å². The molecule has 0 saturated carbocycles. The highest BCUT2D eigenvalue weighted by Gasteiger charge is 2.63. The molecule has 35 atom stereocenters. The van der Waals surface area contributed by atoms with E-state index < -0.39 is 314 Å². The number of amides is 2. The maximum Gasteiger partial charge on any atom is 0.397 e. The first kappa shape index (κ1) is 114. The lowest BCUT2D eigenvalue weighted by Crippen LogP contribution is -2.70. The van der Waals surface area contributed by atoms with Crippen molar-refractivity contribution in [1.29, 1.82) is 0 Å². The number of methoxy groups -OCH3 is 13. The van der Waals surface area contributed by atoms with Gasteiger partial charge in [-0.3, -0.25) is 49.4 Å². The number of carbonyl (C=O) groups excluding carboxylic acids is 2. The van der Waals surface area contributed by atoms with E-state index in [2.05, 4.69) is 45.9 Å². The number of nitrogens with zero attached hydrogens (tertiary/aromatic N) is 1. The Labute approximate surface area is 774 Å². The van der Waals surface area contributed by atoms with Crippen LogP contribution in [0, 0.1) is 0 Å². The lowest BCUT2D eigenvalue weighted by molar-refractivity contribution is -0.437. The zero-order valence-electron chi connectivity index (χ0n) is 71.4. The maximum absolute atomic E-state index is 14.6. The summed E-state index contributed by atoms with van der Waals surface area (Å²) in [4.78, 5) is 29.8. The third-order valence-electron chi connectivity index (χ3n) is 21.1. The number of rotatable bonds is 57. The predicted molar refractivity (Wildman–Crippen MR) is 415 cm³/mol. The molecular weight excluding hydrogens is 2000 g/mol. The number of imide groups is 1. The standard InChI is InChI=1S/C63H101NO61S8/c1-84-19-28-35(43(89-6)50(94-11)59(102-28)109-36-29(20-85-2)103-60(51(95-12)44(36)90-7)110-37-30(21-86-3)104-61(52(96-13)45(37)91-8)111-38-31(22-97-130(72,73)74)100-57(67)48(92-9)41(38)87-4)108-58-49(93-10)42(88-5)34(27(101-58)18-64-55(65)25-16-14-15-17-26(25)56(64)66)107-63-54(117-133(81,82)83)46(114-127-123-119-69)39(32(105-63)23-98-131(75,76)77)112-62-53(116-129-125-121-71)47(115-128-124-120-70)40(113-126-122-118-68)33(106-62)24-99-132(78,79)80/h14-17,27-54,57-63,67-71H,18-24H2,1-13H3,(H,72,73,74)(H,75,76,77)(H,78,79,80)(H,81,82,83)/t27?,28?,29-,30-,31?,32-,33-,34+,35+,36-,37-,38+,39-,40-,41+,42+,43+,44?,45?,46?,47?,48?,49?,50?,51?,52?,53?,54?,57-,58+,59+,60-,61-,62-,63-/m1/s1. The molecule has 7 saturated heterocycles. The summed E-state index contributed by atoms with van der Waals surface area (Å²) in [5, 5.41) is 61.8. The van der Waals surface area contributed by atoms with Crippen molar-refractivity contribution in [2.75, 3.05) is 139 Å². The van der Waals surface area contributed by atoms with E-state index in [1.54, 1.807) is 0 Å². The molecule has 0 spiro atoms. The number of hydrogen-bond donors (Lipinski definition) is 9. The average molecular weight is 2100 g/mol. The number of hydrogen-bond acceptors (Lipinski definition) is 61. The Morgan fingerprint density at radius 1 is 0.301 bits per heavy atom. The van der Waals surface area contributed by atoms with E-state index in [1.165, 1.54) is 102 Å². The van der Waals surface area contributed by atoms with E-state index in [9.17, 15) is 71.8 Å². The highest BCUT2D eigenvalue weighted by atomic mass is 32.3. The minimum atomic E-state index is -6.05. The Hall–Kier alpha value is -2.48. The van der Waals surface area contributed by atoms with Gasteiger partial charge in [0.25, 0.3) is 11.8 Å². The first-order valence-corrected chi connectivity index (χ1v) is 46.2. The fourth-order valence-electron chi connectivity index (χ4n) is 15.8. The highest BCUT2D eigenvalue weighted by Crippen LogP contribution is 2.45. The second-order valence-corrected chi connectivity index (χ2v) is 34.5. The van der Waals surface area contributed by atoms with Gasteiger partial charge in [0.2, 0.25) is 0 Å². The number of carbonyl (C=O) groups is 2. The molecule has 70 heteroatoms. The van der Waals surface area contributed by atoms with Gasteiger partial charge in [0.1, 0.15) is 159 Å². The molecule has 0 aromatic heterocycles. The van der Waals surface area contributed by atoms with Gasteiger partial charge in [0, 0.05) is 92.4 Å². The van der Waals surface area contributed by atoms with Gasteiger partial charge in [-0.05, 0) is 12.1 Å². The van der Waals surface area contributed by atoms with Crippen LogP contribution in [0.25, 0.3) is 0 Å². The van der Waals surface area contributed by atoms with Gasteiger partial charge >= 0.3 is 41.6 Å². The van der Waals surface area contributed by atoms with Crippen LogP contribution in [0.3, 0.4) is 0 Å². The molecule has 9 rings (SSSR count). The Morgan fingerprint density at radius 3 is 0.850 bits per heavy atom. The molecule has 62 nitrogen and oxygen atoms in total. The van der Waals surface area contributed by atoms with Crippen LogP contribution in [0.15, 0.2) is 24.3 Å². The van der Waals surface area contributed by atoms with E-state index in [-0.39, 0.29) is 61.3 Å². The van der Waals surface area contributed by atoms with Crippen LogP contribution in [-0.4, -0.2) is 448 Å². The first-order valence-electron chi connectivity index (χ1n) is 38.1. The topological polar surface area (TPSA) is 744 Å². The summed E-state index contributed by atoms with van der Waals surface area (Å²) in [6.45, 7) is -5.83. The maximum atomic E-state index is 14.6. The molecule has 0 radical (unpaired) electrons. The number of fused-ring (bicyclic) bond motifs is 1. The monoisotopic (exact) mass is 2100 g/mol. The summed E-state index contributed by atoms with van der Waals surface area (Å²) >= 11 is -1.38. The van der Waals surface area contributed by atoms with Gasteiger partial charge in [0.05, 0.1) is 57.3 Å². The second kappa shape index (κ2) is 54.3. The minimum absolute atomic E-state index is 0.137. The molecule has 1 aromatic carbocycles. The Bertz CT molecular complexity index is 4090. The Balaban J connectivity index is 1.06. The summed E-state index contributed by atoms with van der Waals surface area (Å²) in [6, 6.07) is 5.50. The number of aliphatic hydroxyl groups excluding tert-OH is 1. The zero-order chi connectivity index (χ0) is 97.4. The van der Waals surface area contributed by atoms with Crippen LogP contribution in [-0.2, 0) is 236 Å². The molecule has 0 bridgehead atoms. The van der Waals surface area contributed by atoms with Crippen LogP contribution in [0.1, 0.15) is 20.7 Å². The van der Waals surface area contributed by atoms with Crippen molar-refractivity contribution in [2.45, 2.75) is 215 Å². The Morgan fingerprint density at radius 2 is 0.549 bits per heavy atom. The molecule has 9 N–H and O–H groups in total. The number of aliphatic hydroxyl groups is 1.